The standard InChI is InChI=1S/C8H11N3O6S/c1-18(14,15)5-10-2-7(11(12)13)8(9-10)17-6-3-16-4-6/h2,6H,3-5H2,1H3. The summed E-state index contributed by atoms with van der Waals surface area (Å²) in [6.45, 7) is 0.687. The van der Waals surface area contributed by atoms with E-state index in [1.54, 1.807) is 0 Å². The molecule has 0 atom stereocenters. The van der Waals surface area contributed by atoms with Gasteiger partial charge in [0.2, 0.25) is 0 Å². The Morgan fingerprint density at radius 1 is 1.67 bits per heavy atom. The third-order valence-electron chi connectivity index (χ3n) is 2.16. The lowest BCUT2D eigenvalue weighted by molar-refractivity contribution is -0.386. The molecule has 0 saturated carbocycles. The molecule has 1 aromatic rings. The van der Waals surface area contributed by atoms with Gasteiger partial charge < -0.3 is 9.47 Å². The molecule has 2 rings (SSSR count). The second-order valence-electron chi connectivity index (χ2n) is 3.95. The van der Waals surface area contributed by atoms with Gasteiger partial charge in [0.25, 0.3) is 0 Å². The van der Waals surface area contributed by atoms with Crippen molar-refractivity contribution >= 4 is 15.5 Å². The normalized spacial score (nSPS) is 16.3. The second-order valence-corrected chi connectivity index (χ2v) is 6.06. The Balaban J connectivity index is 2.23. The highest BCUT2D eigenvalue weighted by Crippen LogP contribution is 2.27. The summed E-state index contributed by atoms with van der Waals surface area (Å²) in [5.74, 6) is -0.616. The van der Waals surface area contributed by atoms with Crippen molar-refractivity contribution in [3.8, 4) is 5.88 Å². The summed E-state index contributed by atoms with van der Waals surface area (Å²) >= 11 is 0. The molecule has 0 spiro atoms. The van der Waals surface area contributed by atoms with Crippen molar-refractivity contribution in [3.05, 3.63) is 16.3 Å². The van der Waals surface area contributed by atoms with Crippen LogP contribution in [0.5, 0.6) is 5.88 Å². The lowest BCUT2D eigenvalue weighted by atomic mass is 10.3. The molecular weight excluding hydrogens is 266 g/mol. The zero-order chi connectivity index (χ0) is 13.3. The SMILES string of the molecule is CS(=O)(=O)Cn1cc([N+](=O)[O-])c(OC2COC2)n1. The van der Waals surface area contributed by atoms with E-state index in [0.29, 0.717) is 13.2 Å². The van der Waals surface area contributed by atoms with Crippen molar-refractivity contribution in [3.63, 3.8) is 0 Å². The maximum atomic E-state index is 11.1. The average molecular weight is 277 g/mol. The first-order chi connectivity index (χ1) is 8.35. The Labute approximate surface area is 102 Å². The first-order valence-corrected chi connectivity index (χ1v) is 7.05. The van der Waals surface area contributed by atoms with Gasteiger partial charge in [0.1, 0.15) is 18.2 Å². The Bertz CT molecular complexity index is 561. The minimum Gasteiger partial charge on any atom is -0.464 e. The molecule has 0 radical (unpaired) electrons. The summed E-state index contributed by atoms with van der Waals surface area (Å²) in [5, 5.41) is 14.5. The van der Waals surface area contributed by atoms with Gasteiger partial charge in [-0.2, -0.15) is 0 Å². The third-order valence-corrected chi connectivity index (χ3v) is 2.89. The zero-order valence-corrected chi connectivity index (χ0v) is 10.3. The van der Waals surface area contributed by atoms with Crippen molar-refractivity contribution in [2.45, 2.75) is 12.0 Å². The summed E-state index contributed by atoms with van der Waals surface area (Å²) in [7, 11) is -3.33. The third kappa shape index (κ3) is 2.96. The van der Waals surface area contributed by atoms with E-state index in [1.807, 2.05) is 0 Å². The number of ether oxygens (including phenoxy) is 2. The molecule has 1 aromatic heterocycles. The van der Waals surface area contributed by atoms with Gasteiger partial charge in [-0.15, -0.1) is 5.10 Å². The predicted molar refractivity (Wildman–Crippen MR) is 59.0 cm³/mol. The Kier molecular flexibility index (Phi) is 3.22. The topological polar surface area (TPSA) is 114 Å². The number of rotatable bonds is 5. The second kappa shape index (κ2) is 4.53. The van der Waals surface area contributed by atoms with Crippen LogP contribution in [0.4, 0.5) is 5.69 Å². The van der Waals surface area contributed by atoms with Gasteiger partial charge in [-0.1, -0.05) is 0 Å². The van der Waals surface area contributed by atoms with Gasteiger partial charge in [-0.3, -0.25) is 10.1 Å². The number of hydrogen-bond acceptors (Lipinski definition) is 7. The fourth-order valence-corrected chi connectivity index (χ4v) is 1.96. The van der Waals surface area contributed by atoms with Crippen LogP contribution in [0.15, 0.2) is 6.20 Å². The first-order valence-electron chi connectivity index (χ1n) is 4.99. The molecule has 1 fully saturated rings. The van der Waals surface area contributed by atoms with Crippen molar-refractivity contribution in [1.82, 2.24) is 9.78 Å². The highest BCUT2D eigenvalue weighted by Gasteiger charge is 2.28. The van der Waals surface area contributed by atoms with Crippen LogP contribution in [-0.4, -0.2) is 48.7 Å². The monoisotopic (exact) mass is 277 g/mol. The molecule has 100 valence electrons. The van der Waals surface area contributed by atoms with Crippen LogP contribution in [-0.2, 0) is 20.5 Å². The molecule has 0 bridgehead atoms. The van der Waals surface area contributed by atoms with E-state index in [0.717, 1.165) is 17.1 Å². The van der Waals surface area contributed by atoms with Crippen LogP contribution < -0.4 is 4.74 Å². The van der Waals surface area contributed by atoms with Crippen LogP contribution in [0.2, 0.25) is 0 Å². The van der Waals surface area contributed by atoms with Gasteiger partial charge in [0.15, 0.2) is 9.84 Å². The summed E-state index contributed by atoms with van der Waals surface area (Å²) in [6, 6.07) is 0. The molecule has 0 unspecified atom stereocenters. The van der Waals surface area contributed by atoms with E-state index in [4.69, 9.17) is 9.47 Å². The largest absolute Gasteiger partial charge is 0.464 e. The number of hydrogen-bond donors (Lipinski definition) is 0. The van der Waals surface area contributed by atoms with E-state index in [2.05, 4.69) is 5.10 Å². The molecule has 1 aliphatic heterocycles. The molecule has 1 saturated heterocycles. The Morgan fingerprint density at radius 2 is 2.33 bits per heavy atom. The summed E-state index contributed by atoms with van der Waals surface area (Å²) in [5.41, 5.74) is -0.356. The number of sulfone groups is 1. The molecule has 0 aliphatic carbocycles. The van der Waals surface area contributed by atoms with Gasteiger partial charge >= 0.3 is 11.6 Å². The van der Waals surface area contributed by atoms with Crippen LogP contribution in [0.1, 0.15) is 0 Å². The molecule has 0 aromatic carbocycles. The molecule has 1 aliphatic rings. The highest BCUT2D eigenvalue weighted by molar-refractivity contribution is 7.89. The fraction of sp³-hybridized carbons (Fsp3) is 0.625. The van der Waals surface area contributed by atoms with Gasteiger partial charge in [0.05, 0.1) is 18.1 Å². The lowest BCUT2D eigenvalue weighted by Gasteiger charge is -2.25. The van der Waals surface area contributed by atoms with E-state index in [-0.39, 0.29) is 17.7 Å². The maximum Gasteiger partial charge on any atom is 0.350 e. The van der Waals surface area contributed by atoms with Gasteiger partial charge in [0, 0.05) is 6.26 Å². The predicted octanol–water partition coefficient (Wildman–Crippen LogP) is -0.429. The maximum absolute atomic E-state index is 11.1. The number of aromatic nitrogens is 2. The quantitative estimate of drug-likeness (QED) is 0.530. The zero-order valence-electron chi connectivity index (χ0n) is 9.48. The molecule has 0 amide bonds. The average Bonchev–Trinajstić information content (AvgIpc) is 2.51. The van der Waals surface area contributed by atoms with E-state index < -0.39 is 20.6 Å². The first kappa shape index (κ1) is 12.8. The minimum atomic E-state index is -3.33. The Morgan fingerprint density at radius 3 is 2.78 bits per heavy atom. The molecule has 0 N–H and O–H groups in total. The van der Waals surface area contributed by atoms with Gasteiger partial charge in [-0.25, -0.2) is 13.1 Å². The van der Waals surface area contributed by atoms with Gasteiger partial charge in [-0.05, 0) is 0 Å². The summed E-state index contributed by atoms with van der Waals surface area (Å²) in [4.78, 5) is 10.1. The fourth-order valence-electron chi connectivity index (χ4n) is 1.35. The van der Waals surface area contributed by atoms with E-state index in [9.17, 15) is 18.5 Å². The molecule has 18 heavy (non-hydrogen) atoms. The van der Waals surface area contributed by atoms with Crippen LogP contribution in [0.3, 0.4) is 0 Å². The molecule has 10 heteroatoms. The number of nitro groups is 1. The summed E-state index contributed by atoms with van der Waals surface area (Å²) < 4.78 is 33.3. The van der Waals surface area contributed by atoms with Crippen LogP contribution >= 0.6 is 0 Å². The highest BCUT2D eigenvalue weighted by atomic mass is 32.2. The lowest BCUT2D eigenvalue weighted by Crippen LogP contribution is -2.38. The Hall–Kier alpha value is -1.68. The van der Waals surface area contributed by atoms with E-state index >= 15 is 0 Å². The van der Waals surface area contributed by atoms with Crippen LogP contribution in [0.25, 0.3) is 0 Å². The van der Waals surface area contributed by atoms with E-state index in [1.165, 1.54) is 0 Å². The van der Waals surface area contributed by atoms with Crippen molar-refractivity contribution in [2.24, 2.45) is 0 Å². The molecule has 9 nitrogen and oxygen atoms in total. The summed E-state index contributed by atoms with van der Waals surface area (Å²) in [6.07, 6.45) is 1.78. The van der Waals surface area contributed by atoms with Crippen molar-refractivity contribution in [1.29, 1.82) is 0 Å². The minimum absolute atomic E-state index is 0.183. The number of nitrogens with zero attached hydrogens (tertiary/aromatic N) is 3. The molecular formula is C8H11N3O6S. The van der Waals surface area contributed by atoms with Crippen LogP contribution in [0, 0.1) is 10.1 Å². The van der Waals surface area contributed by atoms with Crippen molar-refractivity contribution < 1.29 is 22.8 Å². The van der Waals surface area contributed by atoms with Crippen molar-refractivity contribution in [2.75, 3.05) is 19.5 Å². The molecule has 2 heterocycles. The smallest absolute Gasteiger partial charge is 0.350 e.